The van der Waals surface area contributed by atoms with Crippen molar-refractivity contribution in [3.05, 3.63) is 0 Å². The minimum atomic E-state index is -0.804. The number of nitrogens with one attached hydrogen (secondary N) is 2. The van der Waals surface area contributed by atoms with Gasteiger partial charge in [0.25, 0.3) is 0 Å². The molecule has 0 heterocycles. The van der Waals surface area contributed by atoms with Gasteiger partial charge in [-0.3, -0.25) is 14.4 Å². The number of amides is 2. The van der Waals surface area contributed by atoms with E-state index in [4.69, 9.17) is 0 Å². The maximum absolute atomic E-state index is 12.3. The van der Waals surface area contributed by atoms with Gasteiger partial charge in [0, 0.05) is 24.9 Å². The van der Waals surface area contributed by atoms with Gasteiger partial charge in [0.2, 0.25) is 11.8 Å². The Bertz CT molecular complexity index is 530. The summed E-state index contributed by atoms with van der Waals surface area (Å²) in [5, 5.41) is 15.2. The first-order chi connectivity index (χ1) is 12.5. The number of aliphatic carboxylic acids is 1. The Morgan fingerprint density at radius 1 is 0.923 bits per heavy atom. The first-order valence-corrected chi connectivity index (χ1v) is 10.3. The third-order valence-electron chi connectivity index (χ3n) is 6.57. The highest BCUT2D eigenvalue weighted by atomic mass is 16.4. The largest absolute Gasteiger partial charge is 0.481 e. The van der Waals surface area contributed by atoms with E-state index in [1.54, 1.807) is 0 Å². The third kappa shape index (κ3) is 4.98. The van der Waals surface area contributed by atoms with Crippen LogP contribution in [0.25, 0.3) is 0 Å². The zero-order valence-electron chi connectivity index (χ0n) is 15.6. The predicted molar refractivity (Wildman–Crippen MR) is 97.4 cm³/mol. The van der Waals surface area contributed by atoms with Gasteiger partial charge in [-0.2, -0.15) is 0 Å². The van der Waals surface area contributed by atoms with E-state index in [9.17, 15) is 19.5 Å². The average Bonchev–Trinajstić information content (AvgIpc) is 3.42. The Hall–Kier alpha value is -1.59. The van der Waals surface area contributed by atoms with E-state index in [0.29, 0.717) is 25.2 Å². The van der Waals surface area contributed by atoms with Crippen LogP contribution in [-0.4, -0.2) is 35.5 Å². The summed E-state index contributed by atoms with van der Waals surface area (Å²) in [4.78, 5) is 35.7. The molecular weight excluding hydrogens is 332 g/mol. The van der Waals surface area contributed by atoms with Crippen molar-refractivity contribution in [2.24, 2.45) is 17.3 Å². The van der Waals surface area contributed by atoms with Crippen molar-refractivity contribution in [1.82, 2.24) is 10.6 Å². The molecule has 26 heavy (non-hydrogen) atoms. The van der Waals surface area contributed by atoms with Gasteiger partial charge in [0.1, 0.15) is 0 Å². The topological polar surface area (TPSA) is 95.5 Å². The molecule has 0 aromatic rings. The van der Waals surface area contributed by atoms with Crippen LogP contribution in [0.2, 0.25) is 0 Å². The number of rotatable bonds is 7. The molecule has 146 valence electrons. The smallest absolute Gasteiger partial charge is 0.311 e. The SMILES string of the molecule is O=C(CC1CCCCC1)NC1CCC(C(=O)NCC2(C(=O)O)CC2)CC1. The van der Waals surface area contributed by atoms with E-state index in [0.717, 1.165) is 25.7 Å². The summed E-state index contributed by atoms with van der Waals surface area (Å²) in [5.74, 6) is -0.158. The van der Waals surface area contributed by atoms with Gasteiger partial charge in [-0.15, -0.1) is 0 Å². The normalized spacial score (nSPS) is 28.2. The molecule has 0 atom stereocenters. The molecule has 0 unspecified atom stereocenters. The lowest BCUT2D eigenvalue weighted by molar-refractivity contribution is -0.143. The van der Waals surface area contributed by atoms with Crippen LogP contribution in [0.3, 0.4) is 0 Å². The second kappa shape index (κ2) is 8.40. The van der Waals surface area contributed by atoms with Crippen molar-refractivity contribution >= 4 is 17.8 Å². The van der Waals surface area contributed by atoms with Crippen molar-refractivity contribution in [2.45, 2.75) is 83.1 Å². The van der Waals surface area contributed by atoms with Crippen molar-refractivity contribution < 1.29 is 19.5 Å². The molecule has 0 aromatic carbocycles. The quantitative estimate of drug-likeness (QED) is 0.647. The summed E-state index contributed by atoms with van der Waals surface area (Å²) in [6.45, 7) is 0.249. The van der Waals surface area contributed by atoms with Gasteiger partial charge in [-0.05, 0) is 57.3 Å². The molecule has 0 aliphatic heterocycles. The predicted octanol–water partition coefficient (Wildman–Crippen LogP) is 2.61. The Balaban J connectivity index is 1.33. The maximum atomic E-state index is 12.3. The number of carbonyl (C=O) groups excluding carboxylic acids is 2. The van der Waals surface area contributed by atoms with Crippen LogP contribution >= 0.6 is 0 Å². The zero-order chi connectivity index (χ0) is 18.6. The molecule has 0 aromatic heterocycles. The Morgan fingerprint density at radius 2 is 1.58 bits per heavy atom. The number of hydrogen-bond acceptors (Lipinski definition) is 3. The minimum Gasteiger partial charge on any atom is -0.481 e. The number of carbonyl (C=O) groups is 3. The third-order valence-corrected chi connectivity index (χ3v) is 6.57. The molecule has 0 saturated heterocycles. The van der Waals surface area contributed by atoms with Gasteiger partial charge in [-0.1, -0.05) is 19.3 Å². The molecule has 3 N–H and O–H groups in total. The van der Waals surface area contributed by atoms with Gasteiger partial charge >= 0.3 is 5.97 Å². The Morgan fingerprint density at radius 3 is 2.15 bits per heavy atom. The molecule has 0 spiro atoms. The monoisotopic (exact) mass is 364 g/mol. The summed E-state index contributed by atoms with van der Waals surface area (Å²) in [6, 6.07) is 0.184. The molecular formula is C20H32N2O4. The molecule has 0 bridgehead atoms. The summed E-state index contributed by atoms with van der Waals surface area (Å²) < 4.78 is 0. The first-order valence-electron chi connectivity index (χ1n) is 10.3. The number of carboxylic acids is 1. The summed E-state index contributed by atoms with van der Waals surface area (Å²) in [5.41, 5.74) is -0.708. The maximum Gasteiger partial charge on any atom is 0.311 e. The van der Waals surface area contributed by atoms with E-state index in [2.05, 4.69) is 10.6 Å². The first kappa shape index (κ1) is 19.2. The second-order valence-corrected chi connectivity index (χ2v) is 8.63. The molecule has 3 aliphatic carbocycles. The summed E-state index contributed by atoms with van der Waals surface area (Å²) >= 11 is 0. The average molecular weight is 364 g/mol. The summed E-state index contributed by atoms with van der Waals surface area (Å²) in [6.07, 6.45) is 11.3. The van der Waals surface area contributed by atoms with E-state index in [1.807, 2.05) is 0 Å². The van der Waals surface area contributed by atoms with Crippen LogP contribution in [0.15, 0.2) is 0 Å². The van der Waals surface area contributed by atoms with E-state index < -0.39 is 11.4 Å². The van der Waals surface area contributed by atoms with Crippen molar-refractivity contribution in [2.75, 3.05) is 6.54 Å². The molecule has 0 radical (unpaired) electrons. The minimum absolute atomic E-state index is 0.0236. The van der Waals surface area contributed by atoms with Crippen LogP contribution in [0.4, 0.5) is 0 Å². The zero-order valence-corrected chi connectivity index (χ0v) is 15.6. The van der Waals surface area contributed by atoms with Crippen LogP contribution in [0.1, 0.15) is 77.0 Å². The van der Waals surface area contributed by atoms with E-state index in [-0.39, 0.29) is 30.3 Å². The van der Waals surface area contributed by atoms with Crippen LogP contribution in [-0.2, 0) is 14.4 Å². The van der Waals surface area contributed by atoms with Gasteiger partial charge in [-0.25, -0.2) is 0 Å². The van der Waals surface area contributed by atoms with Gasteiger partial charge in [0.15, 0.2) is 0 Å². The van der Waals surface area contributed by atoms with Gasteiger partial charge in [0.05, 0.1) is 5.41 Å². The number of hydrogen-bond donors (Lipinski definition) is 3. The molecule has 3 aliphatic rings. The van der Waals surface area contributed by atoms with E-state index in [1.165, 1.54) is 32.1 Å². The lowest BCUT2D eigenvalue weighted by atomic mass is 9.84. The van der Waals surface area contributed by atoms with Crippen LogP contribution in [0, 0.1) is 17.3 Å². The second-order valence-electron chi connectivity index (χ2n) is 8.63. The molecule has 3 saturated carbocycles. The fraction of sp³-hybridized carbons (Fsp3) is 0.850. The number of carboxylic acid groups (broad SMARTS) is 1. The van der Waals surface area contributed by atoms with Crippen LogP contribution < -0.4 is 10.6 Å². The molecule has 3 fully saturated rings. The lowest BCUT2D eigenvalue weighted by Crippen LogP contribution is -2.42. The highest BCUT2D eigenvalue weighted by molar-refractivity contribution is 5.82. The van der Waals surface area contributed by atoms with Crippen LogP contribution in [0.5, 0.6) is 0 Å². The van der Waals surface area contributed by atoms with E-state index >= 15 is 0 Å². The highest BCUT2D eigenvalue weighted by Crippen LogP contribution is 2.45. The van der Waals surface area contributed by atoms with Crippen molar-refractivity contribution in [3.8, 4) is 0 Å². The Labute approximate surface area is 155 Å². The fourth-order valence-corrected chi connectivity index (χ4v) is 4.46. The Kier molecular flexibility index (Phi) is 6.20. The van der Waals surface area contributed by atoms with Gasteiger partial charge < -0.3 is 15.7 Å². The van der Waals surface area contributed by atoms with Crippen molar-refractivity contribution in [1.29, 1.82) is 0 Å². The van der Waals surface area contributed by atoms with Crippen molar-refractivity contribution in [3.63, 3.8) is 0 Å². The molecule has 6 nitrogen and oxygen atoms in total. The highest BCUT2D eigenvalue weighted by Gasteiger charge is 2.50. The lowest BCUT2D eigenvalue weighted by Gasteiger charge is -2.29. The molecule has 3 rings (SSSR count). The standard InChI is InChI=1S/C20H32N2O4/c23-17(12-14-4-2-1-3-5-14)22-16-8-6-15(7-9-16)18(24)21-13-20(10-11-20)19(25)26/h14-16H,1-13H2,(H,21,24)(H,22,23)(H,25,26). The summed E-state index contributed by atoms with van der Waals surface area (Å²) in [7, 11) is 0. The molecule has 2 amide bonds. The molecule has 6 heteroatoms. The fourth-order valence-electron chi connectivity index (χ4n) is 4.46.